The predicted octanol–water partition coefficient (Wildman–Crippen LogP) is 0.396. The summed E-state index contributed by atoms with van der Waals surface area (Å²) in [5, 5.41) is 6.26. The van der Waals surface area contributed by atoms with Crippen molar-refractivity contribution in [3.05, 3.63) is 20.3 Å². The largest absolute Gasteiger partial charge is 0.368 e. The highest BCUT2D eigenvalue weighted by molar-refractivity contribution is 14.1. The van der Waals surface area contributed by atoms with Gasteiger partial charge in [0.15, 0.2) is 0 Å². The second-order valence-corrected chi connectivity index (χ2v) is 3.75. The normalized spacial score (nSPS) is 10.1. The first-order chi connectivity index (χ1) is 6.75. The molecule has 0 aliphatic heterocycles. The van der Waals surface area contributed by atoms with E-state index in [9.17, 15) is 4.79 Å². The van der Waals surface area contributed by atoms with Crippen LogP contribution in [0.25, 0.3) is 0 Å². The van der Waals surface area contributed by atoms with Gasteiger partial charge in [0.05, 0.1) is 6.33 Å². The number of H-pyrrole nitrogens is 1. The Morgan fingerprint density at radius 2 is 2.36 bits per heavy atom. The first kappa shape index (κ1) is 11.4. The standard InChI is InChI=1S/C8H13IN4O/c1-2-10-3-4-11-7-6(9)8(14)13-5-12-7/h5,10H,2-4H2,1H3,(H2,11,12,13,14). The lowest BCUT2D eigenvalue weighted by atomic mass is 10.5. The summed E-state index contributed by atoms with van der Waals surface area (Å²) in [6.45, 7) is 4.62. The molecule has 1 aromatic rings. The Labute approximate surface area is 95.9 Å². The molecule has 0 radical (unpaired) electrons. The zero-order chi connectivity index (χ0) is 10.4. The molecular formula is C8H13IN4O. The van der Waals surface area contributed by atoms with Crippen molar-refractivity contribution in [1.29, 1.82) is 0 Å². The van der Waals surface area contributed by atoms with E-state index < -0.39 is 0 Å². The van der Waals surface area contributed by atoms with Crippen LogP contribution in [0.2, 0.25) is 0 Å². The fourth-order valence-electron chi connectivity index (χ4n) is 0.952. The molecule has 14 heavy (non-hydrogen) atoms. The molecule has 0 saturated heterocycles. The minimum absolute atomic E-state index is 0.105. The summed E-state index contributed by atoms with van der Waals surface area (Å²) in [6, 6.07) is 0. The molecule has 3 N–H and O–H groups in total. The van der Waals surface area contributed by atoms with Gasteiger partial charge in [-0.2, -0.15) is 0 Å². The van der Waals surface area contributed by atoms with Gasteiger partial charge in [0.2, 0.25) is 0 Å². The molecule has 0 unspecified atom stereocenters. The van der Waals surface area contributed by atoms with Crippen LogP contribution in [0, 0.1) is 3.57 Å². The number of nitrogens with zero attached hydrogens (tertiary/aromatic N) is 1. The molecule has 0 aromatic carbocycles. The van der Waals surface area contributed by atoms with Gasteiger partial charge in [-0.05, 0) is 29.1 Å². The monoisotopic (exact) mass is 308 g/mol. The van der Waals surface area contributed by atoms with Crippen molar-refractivity contribution >= 4 is 28.4 Å². The van der Waals surface area contributed by atoms with Crippen LogP contribution in [-0.4, -0.2) is 29.6 Å². The molecule has 0 aliphatic rings. The van der Waals surface area contributed by atoms with Crippen LogP contribution >= 0.6 is 22.6 Å². The number of anilines is 1. The number of rotatable bonds is 5. The fourth-order valence-corrected chi connectivity index (χ4v) is 1.44. The first-order valence-corrected chi connectivity index (χ1v) is 5.51. The third-order valence-corrected chi connectivity index (χ3v) is 2.64. The molecular weight excluding hydrogens is 295 g/mol. The third kappa shape index (κ3) is 3.26. The summed E-state index contributed by atoms with van der Waals surface area (Å²) in [5.74, 6) is 0.646. The molecule has 5 nitrogen and oxygen atoms in total. The number of aromatic nitrogens is 2. The Balaban J connectivity index is 2.51. The molecule has 78 valence electrons. The highest BCUT2D eigenvalue weighted by Gasteiger charge is 2.02. The summed E-state index contributed by atoms with van der Waals surface area (Å²) in [6.07, 6.45) is 1.40. The number of aromatic amines is 1. The van der Waals surface area contributed by atoms with Crippen molar-refractivity contribution in [3.63, 3.8) is 0 Å². The molecule has 0 amide bonds. The van der Waals surface area contributed by atoms with Gasteiger partial charge in [0.25, 0.3) is 5.56 Å². The van der Waals surface area contributed by atoms with Crippen molar-refractivity contribution in [2.24, 2.45) is 0 Å². The molecule has 1 rings (SSSR count). The summed E-state index contributed by atoms with van der Waals surface area (Å²) in [5.41, 5.74) is -0.105. The van der Waals surface area contributed by atoms with Crippen LogP contribution in [0.4, 0.5) is 5.82 Å². The van der Waals surface area contributed by atoms with Crippen LogP contribution in [0.5, 0.6) is 0 Å². The molecule has 0 fully saturated rings. The van der Waals surface area contributed by atoms with E-state index in [0.29, 0.717) is 9.39 Å². The van der Waals surface area contributed by atoms with Crippen LogP contribution in [0.3, 0.4) is 0 Å². The molecule has 0 bridgehead atoms. The van der Waals surface area contributed by atoms with E-state index in [0.717, 1.165) is 19.6 Å². The predicted molar refractivity (Wildman–Crippen MR) is 64.6 cm³/mol. The van der Waals surface area contributed by atoms with Crippen LogP contribution in [0.15, 0.2) is 11.1 Å². The first-order valence-electron chi connectivity index (χ1n) is 4.43. The van der Waals surface area contributed by atoms with E-state index in [2.05, 4.69) is 27.5 Å². The van der Waals surface area contributed by atoms with Crippen molar-refractivity contribution in [2.45, 2.75) is 6.92 Å². The van der Waals surface area contributed by atoms with Gasteiger partial charge >= 0.3 is 0 Å². The van der Waals surface area contributed by atoms with Gasteiger partial charge < -0.3 is 15.6 Å². The Morgan fingerprint density at radius 1 is 1.57 bits per heavy atom. The SMILES string of the molecule is CCNCCNc1nc[nH]c(=O)c1I. The quantitative estimate of drug-likeness (QED) is 0.544. The van der Waals surface area contributed by atoms with Gasteiger partial charge in [-0.3, -0.25) is 4.79 Å². The number of halogens is 1. The Hall–Kier alpha value is -0.630. The van der Waals surface area contributed by atoms with Gasteiger partial charge in [0, 0.05) is 13.1 Å². The van der Waals surface area contributed by atoms with Crippen molar-refractivity contribution in [2.75, 3.05) is 25.0 Å². The molecule has 0 aliphatic carbocycles. The molecule has 1 heterocycles. The van der Waals surface area contributed by atoms with Crippen LogP contribution < -0.4 is 16.2 Å². The van der Waals surface area contributed by atoms with Gasteiger partial charge in [-0.1, -0.05) is 6.92 Å². The Morgan fingerprint density at radius 3 is 3.07 bits per heavy atom. The molecule has 6 heteroatoms. The van der Waals surface area contributed by atoms with Crippen molar-refractivity contribution in [3.8, 4) is 0 Å². The van der Waals surface area contributed by atoms with Crippen LogP contribution in [-0.2, 0) is 0 Å². The number of hydrogen-bond donors (Lipinski definition) is 3. The summed E-state index contributed by atoms with van der Waals surface area (Å²) < 4.78 is 0.599. The van der Waals surface area contributed by atoms with Crippen molar-refractivity contribution in [1.82, 2.24) is 15.3 Å². The van der Waals surface area contributed by atoms with Gasteiger partial charge in [-0.15, -0.1) is 0 Å². The molecule has 0 spiro atoms. The second-order valence-electron chi connectivity index (χ2n) is 2.67. The highest BCUT2D eigenvalue weighted by Crippen LogP contribution is 2.07. The van der Waals surface area contributed by atoms with E-state index in [4.69, 9.17) is 0 Å². The number of likely N-dealkylation sites (N-methyl/N-ethyl adjacent to an activating group) is 1. The fraction of sp³-hybridized carbons (Fsp3) is 0.500. The zero-order valence-corrected chi connectivity index (χ0v) is 10.1. The van der Waals surface area contributed by atoms with E-state index in [1.54, 1.807) is 0 Å². The third-order valence-electron chi connectivity index (χ3n) is 1.64. The van der Waals surface area contributed by atoms with E-state index >= 15 is 0 Å². The van der Waals surface area contributed by atoms with E-state index in [-0.39, 0.29) is 5.56 Å². The Kier molecular flexibility index (Phi) is 4.88. The lowest BCUT2D eigenvalue weighted by molar-refractivity contribution is 0.737. The summed E-state index contributed by atoms with van der Waals surface area (Å²) in [7, 11) is 0. The highest BCUT2D eigenvalue weighted by atomic mass is 127. The topological polar surface area (TPSA) is 69.8 Å². The van der Waals surface area contributed by atoms with E-state index in [1.807, 2.05) is 22.6 Å². The van der Waals surface area contributed by atoms with E-state index in [1.165, 1.54) is 6.33 Å². The maximum atomic E-state index is 11.2. The zero-order valence-electron chi connectivity index (χ0n) is 7.93. The lowest BCUT2D eigenvalue weighted by Gasteiger charge is -2.06. The average molecular weight is 308 g/mol. The van der Waals surface area contributed by atoms with Gasteiger partial charge in [0.1, 0.15) is 9.39 Å². The molecule has 1 aromatic heterocycles. The number of nitrogens with one attached hydrogen (secondary N) is 3. The summed E-state index contributed by atoms with van der Waals surface area (Å²) >= 11 is 1.98. The Bertz CT molecular complexity index is 338. The molecule has 0 atom stereocenters. The number of hydrogen-bond acceptors (Lipinski definition) is 4. The smallest absolute Gasteiger partial charge is 0.266 e. The average Bonchev–Trinajstić information content (AvgIpc) is 2.19. The lowest BCUT2D eigenvalue weighted by Crippen LogP contribution is -2.23. The van der Waals surface area contributed by atoms with Crippen LogP contribution in [0.1, 0.15) is 6.92 Å². The van der Waals surface area contributed by atoms with Gasteiger partial charge in [-0.25, -0.2) is 4.98 Å². The minimum atomic E-state index is -0.105. The maximum absolute atomic E-state index is 11.2. The second kappa shape index (κ2) is 5.97. The molecule has 0 saturated carbocycles. The van der Waals surface area contributed by atoms with Crippen molar-refractivity contribution < 1.29 is 0 Å². The summed E-state index contributed by atoms with van der Waals surface area (Å²) in [4.78, 5) is 17.7. The minimum Gasteiger partial charge on any atom is -0.368 e. The maximum Gasteiger partial charge on any atom is 0.266 e.